The minimum atomic E-state index is -0.415. The van der Waals surface area contributed by atoms with Crippen molar-refractivity contribution in [3.63, 3.8) is 0 Å². The Morgan fingerprint density at radius 1 is 0.968 bits per heavy atom. The zero-order valence-electron chi connectivity index (χ0n) is 16.4. The second-order valence-corrected chi connectivity index (χ2v) is 8.15. The molecule has 0 spiro atoms. The first kappa shape index (κ1) is 21.4. The Morgan fingerprint density at radius 3 is 2.35 bits per heavy atom. The molecule has 2 aromatic carbocycles. The number of halogens is 2. The lowest BCUT2D eigenvalue weighted by atomic mass is 10.2. The van der Waals surface area contributed by atoms with Gasteiger partial charge in [0.1, 0.15) is 5.69 Å². The van der Waals surface area contributed by atoms with Crippen molar-refractivity contribution in [2.75, 3.05) is 36.4 Å². The number of amides is 2. The van der Waals surface area contributed by atoms with Crippen molar-refractivity contribution in [3.05, 3.63) is 75.4 Å². The number of benzene rings is 2. The highest BCUT2D eigenvalue weighted by Gasteiger charge is 2.23. The number of H-pyrrole nitrogens is 1. The maximum absolute atomic E-state index is 12.7. The molecule has 0 bridgehead atoms. The van der Waals surface area contributed by atoms with Gasteiger partial charge in [0.2, 0.25) is 0 Å². The van der Waals surface area contributed by atoms with Crippen LogP contribution in [-0.4, -0.2) is 53.2 Å². The van der Waals surface area contributed by atoms with Gasteiger partial charge in [-0.2, -0.15) is 5.10 Å². The quantitative estimate of drug-likeness (QED) is 0.495. The Bertz CT molecular complexity index is 1080. The van der Waals surface area contributed by atoms with E-state index in [9.17, 15) is 9.59 Å². The highest BCUT2D eigenvalue weighted by Crippen LogP contribution is 2.25. The van der Waals surface area contributed by atoms with Crippen LogP contribution in [0.2, 0.25) is 5.02 Å². The summed E-state index contributed by atoms with van der Waals surface area (Å²) in [4.78, 5) is 27.4. The number of hydrazine groups is 1. The molecule has 1 aliphatic heterocycles. The SMILES string of the molecule is O=C(Nc1n[nH]c(C(=O)NN2CCN(c3ccccc3)CC2)c1Br)c1ccccc1Cl. The standard InChI is InChI=1S/C21H20BrClN6O2/c22-17-18(25-26-19(17)24-20(30)15-8-4-5-9-16(15)23)21(31)27-29-12-10-28(11-13-29)14-6-2-1-3-7-14/h1-9H,10-13H2,(H,27,31)(H2,24,25,26,30). The molecule has 0 radical (unpaired) electrons. The molecule has 31 heavy (non-hydrogen) atoms. The topological polar surface area (TPSA) is 93.4 Å². The van der Waals surface area contributed by atoms with Gasteiger partial charge in [0.05, 0.1) is 15.1 Å². The summed E-state index contributed by atoms with van der Waals surface area (Å²) in [5.74, 6) is -0.545. The van der Waals surface area contributed by atoms with Gasteiger partial charge in [-0.1, -0.05) is 41.9 Å². The van der Waals surface area contributed by atoms with Gasteiger partial charge in [-0.3, -0.25) is 20.1 Å². The fraction of sp³-hybridized carbons (Fsp3) is 0.190. The lowest BCUT2D eigenvalue weighted by molar-refractivity contribution is 0.0771. The second kappa shape index (κ2) is 9.51. The number of aromatic amines is 1. The van der Waals surface area contributed by atoms with Crippen LogP contribution in [0.15, 0.2) is 59.1 Å². The Hall–Kier alpha value is -2.88. The van der Waals surface area contributed by atoms with Crippen LogP contribution in [0, 0.1) is 0 Å². The van der Waals surface area contributed by atoms with Crippen LogP contribution in [0.25, 0.3) is 0 Å². The van der Waals surface area contributed by atoms with Crippen molar-refractivity contribution in [2.24, 2.45) is 0 Å². The molecule has 2 amide bonds. The number of nitrogens with zero attached hydrogens (tertiary/aromatic N) is 3. The molecular formula is C21H20BrClN6O2. The van der Waals surface area contributed by atoms with Crippen molar-refractivity contribution in [1.29, 1.82) is 0 Å². The van der Waals surface area contributed by atoms with E-state index in [-0.39, 0.29) is 17.4 Å². The maximum atomic E-state index is 12.7. The molecule has 0 atom stereocenters. The number of para-hydroxylation sites is 1. The Morgan fingerprint density at radius 2 is 1.65 bits per heavy atom. The van der Waals surface area contributed by atoms with Crippen molar-refractivity contribution < 1.29 is 9.59 Å². The fourth-order valence-electron chi connectivity index (χ4n) is 3.30. The van der Waals surface area contributed by atoms with Gasteiger partial charge in [-0.15, -0.1) is 0 Å². The van der Waals surface area contributed by atoms with Crippen LogP contribution < -0.4 is 15.6 Å². The van der Waals surface area contributed by atoms with Gasteiger partial charge >= 0.3 is 0 Å². The Labute approximate surface area is 192 Å². The summed E-state index contributed by atoms with van der Waals surface area (Å²) in [6.45, 7) is 2.96. The number of hydrogen-bond acceptors (Lipinski definition) is 5. The predicted molar refractivity (Wildman–Crippen MR) is 123 cm³/mol. The molecule has 4 rings (SSSR count). The number of rotatable bonds is 5. The number of piperazine rings is 1. The van der Waals surface area contributed by atoms with Crippen LogP contribution in [-0.2, 0) is 0 Å². The summed E-state index contributed by atoms with van der Waals surface area (Å²) >= 11 is 9.41. The third-order valence-corrected chi connectivity index (χ3v) is 6.05. The lowest BCUT2D eigenvalue weighted by Gasteiger charge is -2.35. The normalized spacial score (nSPS) is 14.3. The van der Waals surface area contributed by atoms with E-state index in [1.54, 1.807) is 24.3 Å². The molecule has 1 saturated heterocycles. The number of aromatic nitrogens is 2. The molecule has 8 nitrogen and oxygen atoms in total. The van der Waals surface area contributed by atoms with E-state index in [1.165, 1.54) is 5.69 Å². The summed E-state index contributed by atoms with van der Waals surface area (Å²) in [7, 11) is 0. The van der Waals surface area contributed by atoms with Crippen LogP contribution in [0.5, 0.6) is 0 Å². The van der Waals surface area contributed by atoms with Gasteiger partial charge in [0.25, 0.3) is 11.8 Å². The molecular weight excluding hydrogens is 484 g/mol. The zero-order chi connectivity index (χ0) is 21.8. The summed E-state index contributed by atoms with van der Waals surface area (Å²) in [5, 5.41) is 11.6. The van der Waals surface area contributed by atoms with E-state index < -0.39 is 5.91 Å². The molecule has 1 fully saturated rings. The van der Waals surface area contributed by atoms with Crippen molar-refractivity contribution >= 4 is 50.9 Å². The number of carbonyl (C=O) groups excluding carboxylic acids is 2. The van der Waals surface area contributed by atoms with Crippen molar-refractivity contribution in [1.82, 2.24) is 20.6 Å². The van der Waals surface area contributed by atoms with Crippen LogP contribution in [0.4, 0.5) is 11.5 Å². The fourth-order valence-corrected chi connectivity index (χ4v) is 3.97. The lowest BCUT2D eigenvalue weighted by Crippen LogP contribution is -2.53. The minimum Gasteiger partial charge on any atom is -0.369 e. The summed E-state index contributed by atoms with van der Waals surface area (Å²) in [6, 6.07) is 16.9. The first-order chi connectivity index (χ1) is 15.0. The van der Waals surface area contributed by atoms with Crippen LogP contribution >= 0.6 is 27.5 Å². The Kier molecular flexibility index (Phi) is 6.55. The highest BCUT2D eigenvalue weighted by atomic mass is 79.9. The molecule has 1 aliphatic rings. The van der Waals surface area contributed by atoms with Gasteiger partial charge in [0, 0.05) is 31.9 Å². The molecule has 0 unspecified atom stereocenters. The van der Waals surface area contributed by atoms with E-state index >= 15 is 0 Å². The van der Waals surface area contributed by atoms with Crippen LogP contribution in [0.3, 0.4) is 0 Å². The highest BCUT2D eigenvalue weighted by molar-refractivity contribution is 9.10. The molecule has 2 heterocycles. The zero-order valence-corrected chi connectivity index (χ0v) is 18.8. The number of hydrogen-bond donors (Lipinski definition) is 3. The smallest absolute Gasteiger partial charge is 0.284 e. The molecule has 160 valence electrons. The maximum Gasteiger partial charge on any atom is 0.284 e. The minimum absolute atomic E-state index is 0.212. The summed E-state index contributed by atoms with van der Waals surface area (Å²) in [5.41, 5.74) is 4.60. The summed E-state index contributed by atoms with van der Waals surface area (Å²) < 4.78 is 0.369. The number of carbonyl (C=O) groups is 2. The first-order valence-electron chi connectivity index (χ1n) is 9.68. The third kappa shape index (κ3) is 4.90. The second-order valence-electron chi connectivity index (χ2n) is 6.95. The van der Waals surface area contributed by atoms with Gasteiger partial charge < -0.3 is 10.2 Å². The molecule has 0 saturated carbocycles. The first-order valence-corrected chi connectivity index (χ1v) is 10.9. The van der Waals surface area contributed by atoms with E-state index in [0.717, 1.165) is 13.1 Å². The van der Waals surface area contributed by atoms with Crippen molar-refractivity contribution in [2.45, 2.75) is 0 Å². The number of anilines is 2. The third-order valence-electron chi connectivity index (χ3n) is 4.95. The largest absolute Gasteiger partial charge is 0.369 e. The molecule has 3 N–H and O–H groups in total. The van der Waals surface area contributed by atoms with Gasteiger partial charge in [-0.05, 0) is 40.2 Å². The van der Waals surface area contributed by atoms with Crippen LogP contribution in [0.1, 0.15) is 20.8 Å². The van der Waals surface area contributed by atoms with Gasteiger partial charge in [0.15, 0.2) is 5.82 Å². The average molecular weight is 504 g/mol. The van der Waals surface area contributed by atoms with E-state index in [4.69, 9.17) is 11.6 Å². The van der Waals surface area contributed by atoms with Gasteiger partial charge in [-0.25, -0.2) is 5.01 Å². The predicted octanol–water partition coefficient (Wildman–Crippen LogP) is 3.54. The molecule has 3 aromatic rings. The van der Waals surface area contributed by atoms with E-state index in [0.29, 0.717) is 28.1 Å². The monoisotopic (exact) mass is 502 g/mol. The van der Waals surface area contributed by atoms with E-state index in [1.807, 2.05) is 23.2 Å². The van der Waals surface area contributed by atoms with E-state index in [2.05, 4.69) is 53.9 Å². The van der Waals surface area contributed by atoms with Crippen molar-refractivity contribution in [3.8, 4) is 0 Å². The molecule has 1 aromatic heterocycles. The molecule has 10 heteroatoms. The average Bonchev–Trinajstić information content (AvgIpc) is 3.15. The summed E-state index contributed by atoms with van der Waals surface area (Å²) in [6.07, 6.45) is 0. The number of nitrogens with one attached hydrogen (secondary N) is 3. The molecule has 0 aliphatic carbocycles. The Balaban J connectivity index is 1.35.